The minimum absolute atomic E-state index is 0.0109. The highest BCUT2D eigenvalue weighted by molar-refractivity contribution is 7.52. The topological polar surface area (TPSA) is 172 Å². The number of carboxylic acid groups (broad SMARTS) is 1. The molecule has 1 aromatic heterocycles. The molecule has 0 saturated heterocycles. The van der Waals surface area contributed by atoms with Crippen molar-refractivity contribution in [3.63, 3.8) is 0 Å². The molecule has 0 radical (unpaired) electrons. The van der Waals surface area contributed by atoms with E-state index in [0.717, 1.165) is 0 Å². The molecule has 1 saturated carbocycles. The Balaban J connectivity index is 1.61. The summed E-state index contributed by atoms with van der Waals surface area (Å²) in [7, 11) is -4.33. The number of nitrogens with two attached hydrogens (primary N) is 1. The van der Waals surface area contributed by atoms with Crippen molar-refractivity contribution in [2.75, 3.05) is 18.9 Å². The highest BCUT2D eigenvalue weighted by Crippen LogP contribution is 2.56. The number of esters is 1. The van der Waals surface area contributed by atoms with Crippen LogP contribution in [-0.2, 0) is 29.8 Å². The number of carbonyl (C=O) groups excluding carboxylic acids is 1. The van der Waals surface area contributed by atoms with Crippen LogP contribution in [0.3, 0.4) is 0 Å². The van der Waals surface area contributed by atoms with Gasteiger partial charge in [0.25, 0.3) is 0 Å². The molecular formula is C29H33N4O8P. The fourth-order valence-electron chi connectivity index (χ4n) is 4.05. The summed E-state index contributed by atoms with van der Waals surface area (Å²) < 4.78 is 32.5. The molecule has 4 N–H and O–H groups in total. The van der Waals surface area contributed by atoms with Crippen molar-refractivity contribution < 1.29 is 33.0 Å². The molecule has 1 aliphatic carbocycles. The molecule has 2 unspecified atom stereocenters. The van der Waals surface area contributed by atoms with E-state index >= 15 is 0 Å². The molecule has 0 aliphatic heterocycles. The lowest BCUT2D eigenvalue weighted by Crippen LogP contribution is -2.38. The van der Waals surface area contributed by atoms with E-state index in [1.807, 2.05) is 0 Å². The number of ether oxygens (including phenoxy) is 1. The van der Waals surface area contributed by atoms with Gasteiger partial charge in [0.1, 0.15) is 24.2 Å². The number of nitrogens with one attached hydrogen (secondary N) is 1. The third-order valence-electron chi connectivity index (χ3n) is 6.57. The lowest BCUT2D eigenvalue weighted by molar-refractivity contribution is -0.149. The van der Waals surface area contributed by atoms with E-state index in [2.05, 4.69) is 10.1 Å². The Morgan fingerprint density at radius 3 is 2.40 bits per heavy atom. The number of hydrogen-bond acceptors (Lipinski definition) is 9. The van der Waals surface area contributed by atoms with E-state index < -0.39 is 36.8 Å². The largest absolute Gasteiger partial charge is 0.480 e. The highest BCUT2D eigenvalue weighted by Gasteiger charge is 2.52. The molecule has 1 aliphatic rings. The Morgan fingerprint density at radius 1 is 1.12 bits per heavy atom. The predicted octanol–water partition coefficient (Wildman–Crippen LogP) is 3.74. The second-order valence-corrected chi connectivity index (χ2v) is 12.0. The first kappa shape index (κ1) is 30.7. The maximum Gasteiger partial charge on any atom is 0.459 e. The van der Waals surface area contributed by atoms with E-state index in [1.54, 1.807) is 74.5 Å². The molecule has 42 heavy (non-hydrogen) atoms. The summed E-state index contributed by atoms with van der Waals surface area (Å²) in [6, 6.07) is 17.2. The number of carboxylic acids is 1. The van der Waals surface area contributed by atoms with E-state index in [9.17, 15) is 24.1 Å². The Morgan fingerprint density at radius 2 is 1.79 bits per heavy atom. The third kappa shape index (κ3) is 8.16. The summed E-state index contributed by atoms with van der Waals surface area (Å²) in [6.45, 7) is 3.00. The lowest BCUT2D eigenvalue weighted by Gasteiger charge is -2.25. The standard InChI is InChI=1S/C29H33N4O8P/c1-20(2)27(36)39-18-29(16-22(29)17-33-14-13-25(30)31-28(33)37)19-40-42(38,41-23-11-7-4-8-12-23)32-24(26(34)35)15-21-9-5-3-6-10-21/h3-14,17,20,24H,15-16,18-19H2,1-2H3,(H,32,38)(H,34,35)(H2,30,31,37)/b22-17-/t24-,29?,42?/m0/s1. The van der Waals surface area contributed by atoms with Gasteiger partial charge in [0.05, 0.1) is 17.9 Å². The van der Waals surface area contributed by atoms with Crippen molar-refractivity contribution in [2.45, 2.75) is 32.7 Å². The normalized spacial score (nSPS) is 19.2. The Kier molecular flexibility index (Phi) is 9.62. The number of para-hydroxylation sites is 1. The summed E-state index contributed by atoms with van der Waals surface area (Å²) >= 11 is 0. The van der Waals surface area contributed by atoms with Crippen LogP contribution in [0, 0.1) is 11.3 Å². The van der Waals surface area contributed by atoms with Crippen LogP contribution in [0.25, 0.3) is 6.20 Å². The van der Waals surface area contributed by atoms with Crippen molar-refractivity contribution >= 4 is 31.7 Å². The zero-order valence-corrected chi connectivity index (χ0v) is 24.1. The number of aliphatic carboxylic acids is 1. The average molecular weight is 597 g/mol. The summed E-state index contributed by atoms with van der Waals surface area (Å²) in [5.41, 5.74) is 5.41. The van der Waals surface area contributed by atoms with Gasteiger partial charge in [0, 0.05) is 12.4 Å². The van der Waals surface area contributed by atoms with Gasteiger partial charge in [-0.05, 0) is 42.2 Å². The summed E-state index contributed by atoms with van der Waals surface area (Å²) in [5, 5.41) is 12.5. The molecule has 2 aromatic carbocycles. The zero-order valence-electron chi connectivity index (χ0n) is 23.2. The molecule has 3 atom stereocenters. The Bertz CT molecular complexity index is 1540. The van der Waals surface area contributed by atoms with Gasteiger partial charge in [-0.3, -0.25) is 18.7 Å². The van der Waals surface area contributed by atoms with Crippen LogP contribution in [0.1, 0.15) is 25.8 Å². The van der Waals surface area contributed by atoms with Crippen molar-refractivity contribution in [3.8, 4) is 5.75 Å². The summed E-state index contributed by atoms with van der Waals surface area (Å²) in [4.78, 5) is 40.5. The quantitative estimate of drug-likeness (QED) is 0.183. The minimum atomic E-state index is -4.33. The molecule has 222 valence electrons. The average Bonchev–Trinajstić information content (AvgIpc) is 3.65. The number of aromatic nitrogens is 2. The van der Waals surface area contributed by atoms with Gasteiger partial charge in [-0.1, -0.05) is 62.4 Å². The van der Waals surface area contributed by atoms with Gasteiger partial charge in [0.2, 0.25) is 0 Å². The van der Waals surface area contributed by atoms with Crippen LogP contribution in [0.4, 0.5) is 5.82 Å². The number of rotatable bonds is 14. The monoisotopic (exact) mass is 596 g/mol. The maximum absolute atomic E-state index is 14.1. The number of nitrogen functional groups attached to an aromatic ring is 1. The first-order chi connectivity index (χ1) is 20.0. The zero-order chi connectivity index (χ0) is 30.3. The van der Waals surface area contributed by atoms with Crippen molar-refractivity contribution in [1.29, 1.82) is 0 Å². The summed E-state index contributed by atoms with van der Waals surface area (Å²) in [5.74, 6) is -1.81. The molecule has 12 nitrogen and oxygen atoms in total. The van der Waals surface area contributed by atoms with Crippen LogP contribution in [0.2, 0.25) is 0 Å². The molecule has 13 heteroatoms. The van der Waals surface area contributed by atoms with Crippen molar-refractivity contribution in [1.82, 2.24) is 14.6 Å². The second-order valence-electron chi connectivity index (χ2n) is 10.3. The first-order valence-electron chi connectivity index (χ1n) is 13.2. The van der Waals surface area contributed by atoms with E-state index in [1.165, 1.54) is 23.0 Å². The SMILES string of the molecule is CC(C)C(=O)OCC1(COP(=O)(N[C@@H](Cc2ccccc2)C(=O)O)Oc2ccccc2)C/C1=C/n1ccc(N)nc1=O. The predicted molar refractivity (Wildman–Crippen MR) is 155 cm³/mol. The van der Waals surface area contributed by atoms with Gasteiger partial charge in [-0.15, -0.1) is 0 Å². The molecule has 3 aromatic rings. The number of carbonyl (C=O) groups is 2. The van der Waals surface area contributed by atoms with Gasteiger partial charge in [-0.25, -0.2) is 9.36 Å². The second kappa shape index (κ2) is 13.2. The molecule has 1 heterocycles. The fraction of sp³-hybridized carbons (Fsp3) is 0.310. The Hall–Kier alpha value is -4.25. The van der Waals surface area contributed by atoms with Crippen molar-refractivity contribution in [3.05, 3.63) is 94.5 Å². The van der Waals surface area contributed by atoms with Gasteiger partial charge < -0.3 is 20.1 Å². The van der Waals surface area contributed by atoms with Crippen LogP contribution in [0.15, 0.2) is 83.3 Å². The minimum Gasteiger partial charge on any atom is -0.480 e. The van der Waals surface area contributed by atoms with E-state index in [-0.39, 0.29) is 37.1 Å². The number of anilines is 1. The van der Waals surface area contributed by atoms with Crippen LogP contribution in [0.5, 0.6) is 5.75 Å². The summed E-state index contributed by atoms with van der Waals surface area (Å²) in [6.07, 6.45) is 3.34. The molecule has 4 rings (SSSR count). The van der Waals surface area contributed by atoms with Gasteiger partial charge in [-0.2, -0.15) is 10.1 Å². The molecule has 1 fully saturated rings. The smallest absolute Gasteiger partial charge is 0.459 e. The maximum atomic E-state index is 14.1. The molecule has 0 spiro atoms. The fourth-order valence-corrected chi connectivity index (χ4v) is 5.63. The van der Waals surface area contributed by atoms with Crippen LogP contribution >= 0.6 is 7.75 Å². The van der Waals surface area contributed by atoms with Crippen LogP contribution in [-0.4, -0.2) is 45.9 Å². The first-order valence-corrected chi connectivity index (χ1v) is 14.8. The number of nitrogens with zero attached hydrogens (tertiary/aromatic N) is 2. The third-order valence-corrected chi connectivity index (χ3v) is 8.12. The van der Waals surface area contributed by atoms with E-state index in [4.69, 9.17) is 19.5 Å². The number of hydrogen-bond donors (Lipinski definition) is 3. The van der Waals surface area contributed by atoms with Gasteiger partial charge >= 0.3 is 25.4 Å². The van der Waals surface area contributed by atoms with Crippen molar-refractivity contribution in [2.24, 2.45) is 11.3 Å². The Labute approximate surface area is 242 Å². The van der Waals surface area contributed by atoms with Crippen LogP contribution < -0.4 is 21.0 Å². The lowest BCUT2D eigenvalue weighted by atomic mass is 10.1. The molecular weight excluding hydrogens is 563 g/mol. The number of benzene rings is 2. The highest BCUT2D eigenvalue weighted by atomic mass is 31.2. The van der Waals surface area contributed by atoms with E-state index in [0.29, 0.717) is 17.6 Å². The molecule has 0 bridgehead atoms. The van der Waals surface area contributed by atoms with Gasteiger partial charge in [0.15, 0.2) is 0 Å². The molecule has 0 amide bonds.